The zero-order valence-electron chi connectivity index (χ0n) is 12.1. The van der Waals surface area contributed by atoms with Gasteiger partial charge in [-0.15, -0.1) is 0 Å². The number of nitrogens with two attached hydrogens (primary N) is 1. The third-order valence-electron chi connectivity index (χ3n) is 5.10. The van der Waals surface area contributed by atoms with Crippen molar-refractivity contribution in [2.24, 2.45) is 11.7 Å². The molecule has 3 rings (SSSR count). The molecule has 2 N–H and O–H groups in total. The summed E-state index contributed by atoms with van der Waals surface area (Å²) in [5.41, 5.74) is 6.70. The van der Waals surface area contributed by atoms with Crippen molar-refractivity contribution in [2.45, 2.75) is 37.5 Å². The van der Waals surface area contributed by atoms with Crippen LogP contribution in [-0.4, -0.2) is 30.4 Å². The highest BCUT2D eigenvalue weighted by molar-refractivity contribution is 5.88. The van der Waals surface area contributed by atoms with Crippen LogP contribution < -0.4 is 5.73 Å². The predicted molar refractivity (Wildman–Crippen MR) is 80.3 cm³/mol. The standard InChI is InChI=1S/C17H24N2O/c18-12-14-8-11-19(13-14)16(20)17(9-4-5-10-17)15-6-2-1-3-7-15/h1-3,6-7,14H,4-5,8-13,18H2. The summed E-state index contributed by atoms with van der Waals surface area (Å²) in [5, 5.41) is 0. The Morgan fingerprint density at radius 3 is 2.55 bits per heavy atom. The Hall–Kier alpha value is -1.35. The van der Waals surface area contributed by atoms with Crippen LogP contribution in [0.2, 0.25) is 0 Å². The summed E-state index contributed by atoms with van der Waals surface area (Å²) in [6, 6.07) is 10.4. The molecule has 2 aliphatic rings. The number of hydrogen-bond donors (Lipinski definition) is 1. The number of likely N-dealkylation sites (tertiary alicyclic amines) is 1. The average Bonchev–Trinajstić information content (AvgIpc) is 3.17. The molecule has 1 heterocycles. The van der Waals surface area contributed by atoms with Crippen molar-refractivity contribution in [3.63, 3.8) is 0 Å². The smallest absolute Gasteiger partial charge is 0.233 e. The Bertz CT molecular complexity index is 465. The topological polar surface area (TPSA) is 46.3 Å². The Kier molecular flexibility index (Phi) is 3.79. The summed E-state index contributed by atoms with van der Waals surface area (Å²) in [6.07, 6.45) is 5.38. The molecular formula is C17H24N2O. The second-order valence-electron chi connectivity index (χ2n) is 6.30. The van der Waals surface area contributed by atoms with Gasteiger partial charge in [0.05, 0.1) is 5.41 Å². The SMILES string of the molecule is NCC1CCN(C(=O)C2(c3ccccc3)CCCC2)C1. The van der Waals surface area contributed by atoms with Gasteiger partial charge in [-0.3, -0.25) is 4.79 Å². The van der Waals surface area contributed by atoms with Crippen molar-refractivity contribution in [1.29, 1.82) is 0 Å². The van der Waals surface area contributed by atoms with Crippen molar-refractivity contribution >= 4 is 5.91 Å². The number of rotatable bonds is 3. The second-order valence-corrected chi connectivity index (χ2v) is 6.30. The first kappa shape index (κ1) is 13.6. The van der Waals surface area contributed by atoms with Gasteiger partial charge in [0.1, 0.15) is 0 Å². The van der Waals surface area contributed by atoms with E-state index in [9.17, 15) is 4.79 Å². The van der Waals surface area contributed by atoms with E-state index in [4.69, 9.17) is 5.73 Å². The van der Waals surface area contributed by atoms with Crippen LogP contribution in [0.25, 0.3) is 0 Å². The highest BCUT2D eigenvalue weighted by Crippen LogP contribution is 2.43. The van der Waals surface area contributed by atoms with Gasteiger partial charge in [0.25, 0.3) is 0 Å². The first-order valence-corrected chi connectivity index (χ1v) is 7.81. The highest BCUT2D eigenvalue weighted by Gasteiger charge is 2.45. The van der Waals surface area contributed by atoms with Gasteiger partial charge in [-0.25, -0.2) is 0 Å². The molecule has 1 amide bonds. The third kappa shape index (κ3) is 2.24. The Balaban J connectivity index is 1.86. The maximum Gasteiger partial charge on any atom is 0.233 e. The molecule has 1 aromatic carbocycles. The van der Waals surface area contributed by atoms with Crippen molar-refractivity contribution in [3.8, 4) is 0 Å². The fraction of sp³-hybridized carbons (Fsp3) is 0.588. The van der Waals surface area contributed by atoms with E-state index < -0.39 is 0 Å². The van der Waals surface area contributed by atoms with Crippen LogP contribution in [0.15, 0.2) is 30.3 Å². The molecule has 1 aliphatic carbocycles. The van der Waals surface area contributed by atoms with Gasteiger partial charge in [-0.1, -0.05) is 43.2 Å². The summed E-state index contributed by atoms with van der Waals surface area (Å²) >= 11 is 0. The van der Waals surface area contributed by atoms with Gasteiger partial charge in [0, 0.05) is 13.1 Å². The van der Waals surface area contributed by atoms with Crippen molar-refractivity contribution in [3.05, 3.63) is 35.9 Å². The summed E-state index contributed by atoms with van der Waals surface area (Å²) < 4.78 is 0. The first-order chi connectivity index (χ1) is 9.76. The highest BCUT2D eigenvalue weighted by atomic mass is 16.2. The monoisotopic (exact) mass is 272 g/mol. The molecule has 108 valence electrons. The second kappa shape index (κ2) is 5.57. The summed E-state index contributed by atoms with van der Waals surface area (Å²) in [5.74, 6) is 0.838. The number of hydrogen-bond acceptors (Lipinski definition) is 2. The van der Waals surface area contributed by atoms with Crippen LogP contribution in [0.5, 0.6) is 0 Å². The van der Waals surface area contributed by atoms with Crippen LogP contribution in [0.4, 0.5) is 0 Å². The van der Waals surface area contributed by atoms with Crippen LogP contribution in [-0.2, 0) is 10.2 Å². The number of benzene rings is 1. The zero-order valence-corrected chi connectivity index (χ0v) is 12.1. The van der Waals surface area contributed by atoms with Gasteiger partial charge in [-0.2, -0.15) is 0 Å². The molecule has 20 heavy (non-hydrogen) atoms. The largest absolute Gasteiger partial charge is 0.342 e. The minimum absolute atomic E-state index is 0.259. The lowest BCUT2D eigenvalue weighted by Gasteiger charge is -2.33. The van der Waals surface area contributed by atoms with Gasteiger partial charge in [0.15, 0.2) is 0 Å². The van der Waals surface area contributed by atoms with E-state index >= 15 is 0 Å². The maximum absolute atomic E-state index is 13.1. The lowest BCUT2D eigenvalue weighted by Crippen LogP contribution is -2.44. The van der Waals surface area contributed by atoms with Crippen molar-refractivity contribution in [2.75, 3.05) is 19.6 Å². The minimum atomic E-state index is -0.259. The van der Waals surface area contributed by atoms with Crippen LogP contribution in [0.1, 0.15) is 37.7 Å². The fourth-order valence-corrected chi connectivity index (χ4v) is 3.87. The number of nitrogens with zero attached hydrogens (tertiary/aromatic N) is 1. The molecule has 0 radical (unpaired) electrons. The van der Waals surface area contributed by atoms with Crippen LogP contribution in [0.3, 0.4) is 0 Å². The number of amides is 1. The normalized spacial score (nSPS) is 25.1. The van der Waals surface area contributed by atoms with E-state index in [1.807, 2.05) is 6.07 Å². The average molecular weight is 272 g/mol. The molecule has 1 unspecified atom stereocenters. The molecule has 0 aromatic heterocycles. The third-order valence-corrected chi connectivity index (χ3v) is 5.10. The molecule has 1 saturated heterocycles. The molecule has 0 spiro atoms. The predicted octanol–water partition coefficient (Wildman–Crippen LogP) is 2.31. The molecular weight excluding hydrogens is 248 g/mol. The molecule has 1 atom stereocenters. The van der Waals surface area contributed by atoms with Gasteiger partial charge >= 0.3 is 0 Å². The van der Waals surface area contributed by atoms with E-state index in [1.54, 1.807) is 0 Å². The molecule has 3 heteroatoms. The zero-order chi connectivity index (χ0) is 14.0. The molecule has 1 aromatic rings. The molecule has 1 aliphatic heterocycles. The van der Waals surface area contributed by atoms with Gasteiger partial charge in [0.2, 0.25) is 5.91 Å². The van der Waals surface area contributed by atoms with Gasteiger partial charge in [-0.05, 0) is 37.3 Å². The Morgan fingerprint density at radius 2 is 1.95 bits per heavy atom. The quantitative estimate of drug-likeness (QED) is 0.917. The molecule has 2 fully saturated rings. The Labute approximate surface area is 121 Å². The summed E-state index contributed by atoms with van der Waals surface area (Å²) in [7, 11) is 0. The lowest BCUT2D eigenvalue weighted by molar-refractivity contribution is -0.136. The van der Waals surface area contributed by atoms with Crippen molar-refractivity contribution in [1.82, 2.24) is 4.90 Å². The minimum Gasteiger partial charge on any atom is -0.342 e. The van der Waals surface area contributed by atoms with Crippen LogP contribution >= 0.6 is 0 Å². The number of carbonyl (C=O) groups excluding carboxylic acids is 1. The van der Waals surface area contributed by atoms with E-state index in [-0.39, 0.29) is 5.41 Å². The van der Waals surface area contributed by atoms with Crippen molar-refractivity contribution < 1.29 is 4.79 Å². The molecule has 0 bridgehead atoms. The maximum atomic E-state index is 13.1. The van der Waals surface area contributed by atoms with E-state index in [0.29, 0.717) is 18.4 Å². The lowest BCUT2D eigenvalue weighted by atomic mass is 9.77. The van der Waals surface area contributed by atoms with E-state index in [0.717, 1.165) is 45.2 Å². The first-order valence-electron chi connectivity index (χ1n) is 7.81. The van der Waals surface area contributed by atoms with Gasteiger partial charge < -0.3 is 10.6 Å². The van der Waals surface area contributed by atoms with E-state index in [2.05, 4.69) is 29.2 Å². The molecule has 1 saturated carbocycles. The number of carbonyl (C=O) groups is 1. The fourth-order valence-electron chi connectivity index (χ4n) is 3.87. The summed E-state index contributed by atoms with van der Waals surface area (Å²) in [6.45, 7) is 2.43. The van der Waals surface area contributed by atoms with E-state index in [1.165, 1.54) is 5.56 Å². The van der Waals surface area contributed by atoms with Crippen LogP contribution in [0, 0.1) is 5.92 Å². The Morgan fingerprint density at radius 1 is 1.25 bits per heavy atom. The molecule has 3 nitrogen and oxygen atoms in total. The summed E-state index contributed by atoms with van der Waals surface area (Å²) in [4.78, 5) is 15.2.